The fourth-order valence-corrected chi connectivity index (χ4v) is 1.45. The molecule has 1 aromatic rings. The molecular formula is C13H17NO. The number of H-pyrrole nitrogens is 1. The summed E-state index contributed by atoms with van der Waals surface area (Å²) < 4.78 is 0. The molecule has 1 aliphatic carbocycles. The van der Waals surface area contributed by atoms with E-state index in [2.05, 4.69) is 24.1 Å². The van der Waals surface area contributed by atoms with E-state index in [1.807, 2.05) is 32.1 Å². The van der Waals surface area contributed by atoms with Crippen molar-refractivity contribution in [3.63, 3.8) is 0 Å². The van der Waals surface area contributed by atoms with Gasteiger partial charge in [0.1, 0.15) is 0 Å². The number of allylic oxidation sites excluding steroid dienone is 2. The zero-order valence-corrected chi connectivity index (χ0v) is 9.45. The van der Waals surface area contributed by atoms with Crippen molar-refractivity contribution in [1.29, 1.82) is 0 Å². The maximum absolute atomic E-state index is 11.0. The molecule has 80 valence electrons. The van der Waals surface area contributed by atoms with E-state index in [1.54, 1.807) is 6.07 Å². The summed E-state index contributed by atoms with van der Waals surface area (Å²) in [5, 5.41) is 1.99. The minimum absolute atomic E-state index is 0.0497. The number of pyridine rings is 1. The van der Waals surface area contributed by atoms with Crippen molar-refractivity contribution >= 4 is 12.2 Å². The van der Waals surface area contributed by atoms with Crippen LogP contribution >= 0.6 is 0 Å². The largest absolute Gasteiger partial charge is 0.322 e. The molecule has 0 fully saturated rings. The Morgan fingerprint density at radius 3 is 2.73 bits per heavy atom. The summed E-state index contributed by atoms with van der Waals surface area (Å²) in [5.74, 6) is 0.420. The fourth-order valence-electron chi connectivity index (χ4n) is 1.45. The Morgan fingerprint density at radius 1 is 1.27 bits per heavy atom. The monoisotopic (exact) mass is 203 g/mol. The summed E-state index contributed by atoms with van der Waals surface area (Å²) in [6, 6.07) is 3.41. The van der Waals surface area contributed by atoms with Crippen LogP contribution in [0.2, 0.25) is 0 Å². The molecule has 0 aliphatic heterocycles. The second kappa shape index (κ2) is 5.35. The van der Waals surface area contributed by atoms with Crippen molar-refractivity contribution in [2.24, 2.45) is 5.92 Å². The smallest absolute Gasteiger partial charge is 0.248 e. The highest BCUT2D eigenvalue weighted by Crippen LogP contribution is 1.99. The predicted molar refractivity (Wildman–Crippen MR) is 64.9 cm³/mol. The quantitative estimate of drug-likeness (QED) is 0.674. The summed E-state index contributed by atoms with van der Waals surface area (Å²) in [5.41, 5.74) is -0.0497. The molecule has 1 aromatic heterocycles. The van der Waals surface area contributed by atoms with E-state index in [0.29, 0.717) is 5.92 Å². The maximum Gasteiger partial charge on any atom is 0.248 e. The number of hydrogen-bond acceptors (Lipinski definition) is 1. The number of hydrogen-bond donors (Lipinski definition) is 1. The van der Waals surface area contributed by atoms with Gasteiger partial charge in [0, 0.05) is 11.4 Å². The zero-order valence-electron chi connectivity index (χ0n) is 9.45. The average Bonchev–Trinajstić information content (AvgIpc) is 2.42. The van der Waals surface area contributed by atoms with Gasteiger partial charge >= 0.3 is 0 Å². The summed E-state index contributed by atoms with van der Waals surface area (Å²) in [6.07, 6.45) is 8.13. The summed E-state index contributed by atoms with van der Waals surface area (Å²) >= 11 is 0. The standard InChI is InChI=1S/C11H11NO.C2H6/c1-8-3-2-4-10-9(7-8)5-6-11(13)12-10;1-2/h2-8H,1H3,(H,12,13);1-2H3. The van der Waals surface area contributed by atoms with Crippen LogP contribution in [0.1, 0.15) is 20.8 Å². The van der Waals surface area contributed by atoms with E-state index in [4.69, 9.17) is 0 Å². The lowest BCUT2D eigenvalue weighted by Gasteiger charge is -1.93. The van der Waals surface area contributed by atoms with Crippen LogP contribution in [0.5, 0.6) is 0 Å². The first-order valence-electron chi connectivity index (χ1n) is 5.35. The van der Waals surface area contributed by atoms with Gasteiger partial charge in [-0.1, -0.05) is 39.0 Å². The highest BCUT2D eigenvalue weighted by atomic mass is 16.1. The molecule has 0 radical (unpaired) electrons. The van der Waals surface area contributed by atoms with Crippen molar-refractivity contribution in [3.05, 3.63) is 45.2 Å². The first kappa shape index (κ1) is 11.5. The molecule has 1 aliphatic rings. The first-order chi connectivity index (χ1) is 7.25. The van der Waals surface area contributed by atoms with Gasteiger partial charge in [-0.25, -0.2) is 0 Å². The third-order valence-electron chi connectivity index (χ3n) is 2.10. The molecule has 2 nitrogen and oxygen atoms in total. The molecule has 1 heterocycles. The minimum atomic E-state index is -0.0497. The zero-order chi connectivity index (χ0) is 11.3. The SMILES string of the molecule is CC.CC1C=CC=c2[nH]c(=O)ccc2=C1. The van der Waals surface area contributed by atoms with Crippen LogP contribution < -0.4 is 16.1 Å². The Hall–Kier alpha value is -1.57. The van der Waals surface area contributed by atoms with Gasteiger partial charge in [0.2, 0.25) is 5.56 Å². The van der Waals surface area contributed by atoms with E-state index in [-0.39, 0.29) is 5.56 Å². The Labute approximate surface area is 89.7 Å². The van der Waals surface area contributed by atoms with Crippen molar-refractivity contribution in [2.75, 3.05) is 0 Å². The summed E-state index contributed by atoms with van der Waals surface area (Å²) in [4.78, 5) is 13.8. The molecule has 0 bridgehead atoms. The van der Waals surface area contributed by atoms with Crippen LogP contribution in [0.25, 0.3) is 12.2 Å². The van der Waals surface area contributed by atoms with E-state index >= 15 is 0 Å². The molecule has 0 saturated carbocycles. The second-order valence-electron chi connectivity index (χ2n) is 3.27. The topological polar surface area (TPSA) is 32.9 Å². The molecule has 1 N–H and O–H groups in total. The molecule has 15 heavy (non-hydrogen) atoms. The second-order valence-corrected chi connectivity index (χ2v) is 3.27. The third-order valence-corrected chi connectivity index (χ3v) is 2.10. The van der Waals surface area contributed by atoms with E-state index < -0.39 is 0 Å². The Kier molecular flexibility index (Phi) is 4.10. The minimum Gasteiger partial charge on any atom is -0.322 e. The molecule has 2 rings (SSSR count). The van der Waals surface area contributed by atoms with Gasteiger partial charge in [-0.3, -0.25) is 4.79 Å². The lowest BCUT2D eigenvalue weighted by Crippen LogP contribution is -2.33. The molecule has 0 spiro atoms. The predicted octanol–water partition coefficient (Wildman–Crippen LogP) is 1.17. The Balaban J connectivity index is 0.000000531. The summed E-state index contributed by atoms with van der Waals surface area (Å²) in [7, 11) is 0. The van der Waals surface area contributed by atoms with Crippen LogP contribution in [-0.4, -0.2) is 4.98 Å². The number of aromatic amines is 1. The number of fused-ring (bicyclic) bond motifs is 1. The van der Waals surface area contributed by atoms with Gasteiger partial charge in [0.15, 0.2) is 0 Å². The maximum atomic E-state index is 11.0. The molecule has 0 amide bonds. The fraction of sp³-hybridized carbons (Fsp3) is 0.308. The Bertz CT molecular complexity index is 508. The third kappa shape index (κ3) is 2.94. The average molecular weight is 203 g/mol. The van der Waals surface area contributed by atoms with Gasteiger partial charge in [-0.05, 0) is 23.3 Å². The molecule has 2 heteroatoms. The van der Waals surface area contributed by atoms with Crippen LogP contribution in [0.3, 0.4) is 0 Å². The van der Waals surface area contributed by atoms with Gasteiger partial charge in [-0.2, -0.15) is 0 Å². The van der Waals surface area contributed by atoms with Crippen LogP contribution in [-0.2, 0) is 0 Å². The van der Waals surface area contributed by atoms with Crippen molar-refractivity contribution in [1.82, 2.24) is 4.98 Å². The van der Waals surface area contributed by atoms with E-state index in [0.717, 1.165) is 10.6 Å². The number of aromatic nitrogens is 1. The van der Waals surface area contributed by atoms with E-state index in [9.17, 15) is 4.79 Å². The van der Waals surface area contributed by atoms with Crippen LogP contribution in [0.4, 0.5) is 0 Å². The van der Waals surface area contributed by atoms with E-state index in [1.165, 1.54) is 0 Å². The normalized spacial score (nSPS) is 17.4. The molecule has 1 atom stereocenters. The number of nitrogens with one attached hydrogen (secondary N) is 1. The first-order valence-corrected chi connectivity index (χ1v) is 5.35. The Morgan fingerprint density at radius 2 is 2.00 bits per heavy atom. The van der Waals surface area contributed by atoms with Crippen molar-refractivity contribution < 1.29 is 0 Å². The summed E-state index contributed by atoms with van der Waals surface area (Å²) in [6.45, 7) is 6.12. The lowest BCUT2D eigenvalue weighted by atomic mass is 10.1. The van der Waals surface area contributed by atoms with Crippen molar-refractivity contribution in [2.45, 2.75) is 20.8 Å². The van der Waals surface area contributed by atoms with Gasteiger partial charge in [0.25, 0.3) is 0 Å². The molecule has 0 saturated heterocycles. The molecule has 0 aromatic carbocycles. The number of rotatable bonds is 0. The van der Waals surface area contributed by atoms with Gasteiger partial charge < -0.3 is 4.98 Å². The lowest BCUT2D eigenvalue weighted by molar-refractivity contribution is 0.995. The van der Waals surface area contributed by atoms with Gasteiger partial charge in [-0.15, -0.1) is 0 Å². The molecule has 1 unspecified atom stereocenters. The van der Waals surface area contributed by atoms with Crippen LogP contribution in [0.15, 0.2) is 29.1 Å². The van der Waals surface area contributed by atoms with Crippen molar-refractivity contribution in [3.8, 4) is 0 Å². The van der Waals surface area contributed by atoms with Crippen LogP contribution in [0, 0.1) is 5.92 Å². The molecular weight excluding hydrogens is 186 g/mol. The highest BCUT2D eigenvalue weighted by molar-refractivity contribution is 5.43. The van der Waals surface area contributed by atoms with Gasteiger partial charge in [0.05, 0.1) is 0 Å². The highest BCUT2D eigenvalue weighted by Gasteiger charge is 1.95.